The predicted octanol–water partition coefficient (Wildman–Crippen LogP) is 3.82. The summed E-state index contributed by atoms with van der Waals surface area (Å²) < 4.78 is 5.01. The smallest absolute Gasteiger partial charge is 0.333 e. The van der Waals surface area contributed by atoms with Gasteiger partial charge in [-0.25, -0.2) is 4.79 Å². The first-order valence-corrected chi connectivity index (χ1v) is 11.4. The number of methoxy groups -OCH3 is 1. The van der Waals surface area contributed by atoms with Gasteiger partial charge in [0.25, 0.3) is 5.91 Å². The number of carbonyl (C=O) groups excluding carboxylic acids is 3. The van der Waals surface area contributed by atoms with E-state index in [0.29, 0.717) is 11.1 Å². The maximum absolute atomic E-state index is 13.4. The largest absolute Gasteiger partial charge is 0.467 e. The van der Waals surface area contributed by atoms with E-state index in [1.165, 1.54) is 12.0 Å². The zero-order chi connectivity index (χ0) is 25.5. The molecule has 0 saturated carbocycles. The summed E-state index contributed by atoms with van der Waals surface area (Å²) in [5, 5.41) is 5.65. The van der Waals surface area contributed by atoms with E-state index in [9.17, 15) is 19.3 Å². The van der Waals surface area contributed by atoms with E-state index in [1.807, 2.05) is 42.5 Å². The van der Waals surface area contributed by atoms with Crippen molar-refractivity contribution < 1.29 is 19.1 Å². The fourth-order valence-electron chi connectivity index (χ4n) is 4.24. The first kappa shape index (κ1) is 24.5. The monoisotopic (exact) mass is 483 g/mol. The molecule has 2 unspecified atom stereocenters. The average Bonchev–Trinajstić information content (AvgIpc) is 2.93. The lowest BCUT2D eigenvalue weighted by atomic mass is 9.88. The fraction of sp³-hybridized carbons (Fsp3) is 0.179. The highest BCUT2D eigenvalue weighted by atomic mass is 16.5. The molecule has 8 heteroatoms. The van der Waals surface area contributed by atoms with E-state index >= 15 is 0 Å². The third-order valence-corrected chi connectivity index (χ3v) is 6.05. The van der Waals surface area contributed by atoms with Gasteiger partial charge >= 0.3 is 5.97 Å². The van der Waals surface area contributed by atoms with Crippen LogP contribution in [0.5, 0.6) is 0 Å². The highest BCUT2D eigenvalue weighted by molar-refractivity contribution is 5.98. The van der Waals surface area contributed by atoms with Crippen molar-refractivity contribution in [1.82, 2.24) is 10.2 Å². The van der Waals surface area contributed by atoms with Gasteiger partial charge in [0, 0.05) is 0 Å². The van der Waals surface area contributed by atoms with E-state index in [4.69, 9.17) is 4.74 Å². The Morgan fingerprint density at radius 1 is 0.917 bits per heavy atom. The van der Waals surface area contributed by atoms with Crippen LogP contribution >= 0.6 is 0 Å². The van der Waals surface area contributed by atoms with Crippen LogP contribution in [0, 0.1) is 4.91 Å². The fourth-order valence-corrected chi connectivity index (χ4v) is 4.24. The molecular weight excluding hydrogens is 458 g/mol. The Morgan fingerprint density at radius 2 is 1.47 bits per heavy atom. The lowest BCUT2D eigenvalue weighted by Crippen LogP contribution is -2.71. The molecule has 0 bridgehead atoms. The molecule has 1 N–H and O–H groups in total. The molecule has 4 rings (SSSR count). The Kier molecular flexibility index (Phi) is 7.65. The molecule has 0 radical (unpaired) electrons. The second kappa shape index (κ2) is 11.2. The molecule has 2 amide bonds. The Hall–Kier alpha value is -4.59. The Morgan fingerprint density at radius 3 is 2.03 bits per heavy atom. The van der Waals surface area contributed by atoms with Crippen molar-refractivity contribution in [2.75, 3.05) is 7.11 Å². The number of esters is 1. The van der Waals surface area contributed by atoms with Crippen LogP contribution < -0.4 is 5.32 Å². The third-order valence-electron chi connectivity index (χ3n) is 6.05. The van der Waals surface area contributed by atoms with Gasteiger partial charge in [-0.2, -0.15) is 0 Å². The molecule has 36 heavy (non-hydrogen) atoms. The van der Waals surface area contributed by atoms with Crippen LogP contribution in [0.2, 0.25) is 0 Å². The molecule has 1 heterocycles. The second-order valence-electron chi connectivity index (χ2n) is 8.25. The molecule has 1 saturated heterocycles. The molecule has 8 nitrogen and oxygen atoms in total. The summed E-state index contributed by atoms with van der Waals surface area (Å²) >= 11 is 0. The number of nitroso groups, excluding NO2 is 1. The molecule has 3 aromatic rings. The summed E-state index contributed by atoms with van der Waals surface area (Å²) in [4.78, 5) is 52.0. The van der Waals surface area contributed by atoms with Crippen molar-refractivity contribution >= 4 is 23.9 Å². The number of nitrogens with zero attached hydrogens (tertiary/aromatic N) is 2. The van der Waals surface area contributed by atoms with Crippen molar-refractivity contribution in [2.45, 2.75) is 24.2 Å². The van der Waals surface area contributed by atoms with E-state index in [0.717, 1.165) is 5.56 Å². The molecule has 0 spiro atoms. The van der Waals surface area contributed by atoms with Gasteiger partial charge in [0.2, 0.25) is 5.91 Å². The van der Waals surface area contributed by atoms with E-state index in [1.54, 1.807) is 60.7 Å². The van der Waals surface area contributed by atoms with Crippen LogP contribution in [0.4, 0.5) is 0 Å². The van der Waals surface area contributed by atoms with Crippen LogP contribution in [-0.4, -0.2) is 41.9 Å². The summed E-state index contributed by atoms with van der Waals surface area (Å²) in [5.41, 5.74) is 1.88. The van der Waals surface area contributed by atoms with Crippen LogP contribution in [-0.2, 0) is 19.1 Å². The molecule has 3 aromatic carbocycles. The number of β-lactam (4-membered cyclic amide) rings is 1. The molecular formula is C28H25N3O5. The zero-order valence-corrected chi connectivity index (χ0v) is 19.6. The Labute approximate surface area is 208 Å². The highest BCUT2D eigenvalue weighted by Gasteiger charge is 2.52. The zero-order valence-electron chi connectivity index (χ0n) is 19.6. The first-order chi connectivity index (χ1) is 17.5. The van der Waals surface area contributed by atoms with Crippen molar-refractivity contribution in [2.24, 2.45) is 5.18 Å². The van der Waals surface area contributed by atoms with Gasteiger partial charge in [-0.3, -0.25) is 9.59 Å². The number of hydrogen-bond acceptors (Lipinski definition) is 6. The van der Waals surface area contributed by atoms with Crippen molar-refractivity contribution in [3.8, 4) is 0 Å². The van der Waals surface area contributed by atoms with Gasteiger partial charge < -0.3 is 15.0 Å². The summed E-state index contributed by atoms with van der Waals surface area (Å²) in [6.45, 7) is 0. The minimum atomic E-state index is -1.31. The van der Waals surface area contributed by atoms with Crippen LogP contribution in [0.25, 0.3) is 6.08 Å². The summed E-state index contributed by atoms with van der Waals surface area (Å²) in [6, 6.07) is 22.7. The van der Waals surface area contributed by atoms with E-state index in [2.05, 4.69) is 10.5 Å². The topological polar surface area (TPSA) is 105 Å². The summed E-state index contributed by atoms with van der Waals surface area (Å²) in [7, 11) is 1.26. The molecule has 182 valence electrons. The van der Waals surface area contributed by atoms with Crippen molar-refractivity contribution in [3.05, 3.63) is 119 Å². The highest BCUT2D eigenvalue weighted by Crippen LogP contribution is 2.34. The van der Waals surface area contributed by atoms with Crippen LogP contribution in [0.3, 0.4) is 0 Å². The Bertz CT molecular complexity index is 1250. The summed E-state index contributed by atoms with van der Waals surface area (Å²) in [6.07, 6.45) is 3.57. The van der Waals surface area contributed by atoms with E-state index in [-0.39, 0.29) is 0 Å². The maximum atomic E-state index is 13.4. The number of benzene rings is 3. The number of rotatable bonds is 9. The number of carbonyl (C=O) groups is 3. The minimum Gasteiger partial charge on any atom is -0.467 e. The van der Waals surface area contributed by atoms with Gasteiger partial charge in [-0.1, -0.05) is 108 Å². The number of ether oxygens (including phenoxy) is 1. The van der Waals surface area contributed by atoms with Crippen LogP contribution in [0.15, 0.2) is 102 Å². The van der Waals surface area contributed by atoms with Crippen molar-refractivity contribution in [1.29, 1.82) is 0 Å². The van der Waals surface area contributed by atoms with E-state index < -0.39 is 42.0 Å². The lowest BCUT2D eigenvalue weighted by Gasteiger charge is -2.49. The van der Waals surface area contributed by atoms with Crippen LogP contribution in [0.1, 0.15) is 28.8 Å². The van der Waals surface area contributed by atoms with Gasteiger partial charge in [0.1, 0.15) is 6.04 Å². The molecule has 1 aliphatic heterocycles. The predicted molar refractivity (Wildman–Crippen MR) is 134 cm³/mol. The lowest BCUT2D eigenvalue weighted by molar-refractivity contribution is -0.166. The van der Waals surface area contributed by atoms with Gasteiger partial charge in [0.05, 0.1) is 13.2 Å². The van der Waals surface area contributed by atoms with Crippen molar-refractivity contribution in [3.63, 3.8) is 0 Å². The number of nitrogens with one attached hydrogen (secondary N) is 1. The first-order valence-electron chi connectivity index (χ1n) is 11.4. The van der Waals surface area contributed by atoms with Gasteiger partial charge in [-0.15, -0.1) is 4.91 Å². The van der Waals surface area contributed by atoms with Gasteiger partial charge in [0.15, 0.2) is 12.1 Å². The quantitative estimate of drug-likeness (QED) is 0.283. The average molecular weight is 484 g/mol. The number of hydrogen-bond donors (Lipinski definition) is 1. The summed E-state index contributed by atoms with van der Waals surface area (Å²) in [5.74, 6) is -1.76. The van der Waals surface area contributed by atoms with Gasteiger partial charge in [-0.05, 0) is 16.7 Å². The SMILES string of the molecule is COC(=O)C(c1ccccc1)N1C(=O)[C@H](NC(=O)C(N=O)c2ccccc2)[C@H]1C=Cc1ccccc1. The third kappa shape index (κ3) is 5.07. The number of likely N-dealkylation sites (tertiary alicyclic amines) is 1. The molecule has 1 fully saturated rings. The molecule has 1 aliphatic rings. The normalized spacial score (nSPS) is 18.7. The second-order valence-corrected chi connectivity index (χ2v) is 8.25. The number of amides is 2. The molecule has 4 atom stereocenters. The Balaban J connectivity index is 1.65. The standard InChI is InChI=1S/C28H25N3O5/c1-36-28(34)25(21-15-9-4-10-16-21)31-22(18-17-19-11-5-2-6-12-19)24(27(31)33)29-26(32)23(30-35)20-13-7-3-8-14-20/h2-18,22-25H,1H3,(H,29,32)/t22-,23?,24-,25?/m1/s1. The molecule has 0 aliphatic carbocycles. The molecule has 0 aromatic heterocycles. The minimum absolute atomic E-state index is 0.418. The maximum Gasteiger partial charge on any atom is 0.333 e.